The Balaban J connectivity index is 1.22. The van der Waals surface area contributed by atoms with E-state index in [0.717, 1.165) is 36.3 Å². The molecule has 0 saturated heterocycles. The first-order valence-corrected chi connectivity index (χ1v) is 32.1. The van der Waals surface area contributed by atoms with Crippen LogP contribution in [0.2, 0.25) is 0 Å². The van der Waals surface area contributed by atoms with Crippen molar-refractivity contribution in [2.24, 2.45) is 0 Å². The Kier molecular flexibility index (Phi) is 12.6. The first kappa shape index (κ1) is 57.3. The van der Waals surface area contributed by atoms with Crippen LogP contribution in [0.5, 0.6) is 0 Å². The van der Waals surface area contributed by atoms with Crippen LogP contribution in [0.15, 0.2) is 140 Å². The number of rotatable bonds is 5. The Morgan fingerprint density at radius 2 is 0.765 bits per heavy atom. The van der Waals surface area contributed by atoms with Crippen molar-refractivity contribution < 1.29 is 0 Å². The van der Waals surface area contributed by atoms with Gasteiger partial charge in [-0.2, -0.15) is 0 Å². The third-order valence-electron chi connectivity index (χ3n) is 21.7. The van der Waals surface area contributed by atoms with E-state index in [9.17, 15) is 0 Å². The van der Waals surface area contributed by atoms with Gasteiger partial charge in [0.2, 0.25) is 0 Å². The lowest BCUT2D eigenvalue weighted by atomic mass is 9.33. The summed E-state index contributed by atoms with van der Waals surface area (Å²) >= 11 is 0. The van der Waals surface area contributed by atoms with E-state index in [-0.39, 0.29) is 50.0 Å². The van der Waals surface area contributed by atoms with Gasteiger partial charge in [0.25, 0.3) is 6.71 Å². The summed E-state index contributed by atoms with van der Waals surface area (Å²) in [5.41, 5.74) is 33.0. The van der Waals surface area contributed by atoms with E-state index in [0.29, 0.717) is 0 Å². The fourth-order valence-corrected chi connectivity index (χ4v) is 15.9. The van der Waals surface area contributed by atoms with Gasteiger partial charge in [0.1, 0.15) is 0 Å². The molecule has 436 valence electrons. The van der Waals surface area contributed by atoms with Crippen molar-refractivity contribution in [3.63, 3.8) is 0 Å². The lowest BCUT2D eigenvalue weighted by Crippen LogP contribution is -2.62. The van der Waals surface area contributed by atoms with Crippen LogP contribution >= 0.6 is 0 Å². The molecule has 13 rings (SSSR count). The van der Waals surface area contributed by atoms with Crippen molar-refractivity contribution in [3.8, 4) is 11.1 Å². The number of benzene rings is 8. The first-order chi connectivity index (χ1) is 39.6. The average Bonchev–Trinajstić information content (AvgIpc) is 1.47. The van der Waals surface area contributed by atoms with E-state index in [2.05, 4.69) is 300 Å². The number of hydrogen-bond acceptors (Lipinski definition) is 3. The van der Waals surface area contributed by atoms with Gasteiger partial charge in [0.15, 0.2) is 0 Å². The molecule has 0 bridgehead atoms. The normalized spacial score (nSPS) is 18.2. The molecule has 8 aromatic carbocycles. The molecule has 0 amide bonds. The van der Waals surface area contributed by atoms with Gasteiger partial charge in [0.05, 0.1) is 5.69 Å². The molecule has 8 aromatic rings. The van der Waals surface area contributed by atoms with Gasteiger partial charge in [-0.3, -0.25) is 0 Å². The SMILES string of the molecule is Cc1cc(C(C)(C)C)ccc1N1c2cc3c(cc2B2c4cc5c(cc4N(c4cc6c(cc4C)C(C)(C)CCC6(C)C)c4cc(N(c6ccc(C(C)(C)C)cc6)c6ccc(C(C)(C)C)cc6)cc1c42)-c1ccccc1C5(C)C)C(C)(C)CCC3(C)C. The lowest BCUT2D eigenvalue weighted by Gasteiger charge is -2.48. The second kappa shape index (κ2) is 18.6. The zero-order valence-corrected chi connectivity index (χ0v) is 55.5. The molecule has 2 aliphatic heterocycles. The topological polar surface area (TPSA) is 9.72 Å². The van der Waals surface area contributed by atoms with Crippen LogP contribution in [0.1, 0.15) is 218 Å². The minimum absolute atomic E-state index is 0.000293. The van der Waals surface area contributed by atoms with Gasteiger partial charge in [0, 0.05) is 50.9 Å². The molecule has 2 heterocycles. The number of hydrogen-bond donors (Lipinski definition) is 0. The molecule has 3 nitrogen and oxygen atoms in total. The molecule has 0 saturated carbocycles. The largest absolute Gasteiger partial charge is 0.311 e. The van der Waals surface area contributed by atoms with Gasteiger partial charge in [-0.25, -0.2) is 0 Å². The summed E-state index contributed by atoms with van der Waals surface area (Å²) in [5.74, 6) is 0. The van der Waals surface area contributed by atoms with Crippen molar-refractivity contribution >= 4 is 74.3 Å². The molecule has 0 spiro atoms. The van der Waals surface area contributed by atoms with Gasteiger partial charge in [-0.15, -0.1) is 0 Å². The molecule has 0 fully saturated rings. The molecule has 5 aliphatic rings. The zero-order valence-electron chi connectivity index (χ0n) is 55.5. The highest BCUT2D eigenvalue weighted by Gasteiger charge is 2.50. The molecule has 0 N–H and O–H groups in total. The highest BCUT2D eigenvalue weighted by Crippen LogP contribution is 2.57. The van der Waals surface area contributed by atoms with Crippen LogP contribution in [0, 0.1) is 13.8 Å². The number of aryl methyl sites for hydroxylation is 2. The third kappa shape index (κ3) is 8.93. The zero-order chi connectivity index (χ0) is 60.8. The van der Waals surface area contributed by atoms with Crippen molar-refractivity contribution in [1.82, 2.24) is 0 Å². The molecule has 4 heteroatoms. The molecule has 0 radical (unpaired) electrons. The molecule has 0 unspecified atom stereocenters. The predicted molar refractivity (Wildman–Crippen MR) is 369 cm³/mol. The minimum Gasteiger partial charge on any atom is -0.311 e. The summed E-state index contributed by atoms with van der Waals surface area (Å²) in [6.07, 6.45) is 4.61. The summed E-state index contributed by atoms with van der Waals surface area (Å²) in [5, 5.41) is 0. The van der Waals surface area contributed by atoms with Gasteiger partial charge < -0.3 is 14.7 Å². The van der Waals surface area contributed by atoms with Crippen LogP contribution in [0.25, 0.3) is 11.1 Å². The fourth-order valence-electron chi connectivity index (χ4n) is 15.9. The Morgan fingerprint density at radius 1 is 0.353 bits per heavy atom. The van der Waals surface area contributed by atoms with Gasteiger partial charge >= 0.3 is 0 Å². The summed E-state index contributed by atoms with van der Waals surface area (Å²) < 4.78 is 0. The Morgan fingerprint density at radius 3 is 1.26 bits per heavy atom. The second-order valence-electron chi connectivity index (χ2n) is 33.0. The van der Waals surface area contributed by atoms with Crippen LogP contribution in [-0.4, -0.2) is 6.71 Å². The van der Waals surface area contributed by atoms with Crippen LogP contribution < -0.4 is 31.1 Å². The van der Waals surface area contributed by atoms with E-state index in [4.69, 9.17) is 0 Å². The monoisotopic (exact) mass is 1120 g/mol. The van der Waals surface area contributed by atoms with E-state index < -0.39 is 0 Å². The first-order valence-electron chi connectivity index (χ1n) is 32.1. The van der Waals surface area contributed by atoms with Crippen molar-refractivity contribution in [2.45, 2.75) is 214 Å². The molecule has 85 heavy (non-hydrogen) atoms. The average molecular weight is 1120 g/mol. The highest BCUT2D eigenvalue weighted by atomic mass is 15.2. The Labute approximate surface area is 512 Å². The van der Waals surface area contributed by atoms with E-state index >= 15 is 0 Å². The quantitative estimate of drug-likeness (QED) is 0.159. The fraction of sp³-hybridized carbons (Fsp3) is 0.407. The van der Waals surface area contributed by atoms with Crippen LogP contribution in [-0.2, 0) is 43.3 Å². The molecule has 3 aliphatic carbocycles. The number of anilines is 9. The minimum atomic E-state index is -0.195. The number of fused-ring (bicyclic) bond motifs is 9. The van der Waals surface area contributed by atoms with Gasteiger partial charge in [-0.05, 0) is 227 Å². The van der Waals surface area contributed by atoms with Gasteiger partial charge in [-0.1, -0.05) is 210 Å². The smallest absolute Gasteiger partial charge is 0.252 e. The molecular weight excluding hydrogens is 1030 g/mol. The maximum atomic E-state index is 2.77. The van der Waals surface area contributed by atoms with Crippen LogP contribution in [0.4, 0.5) is 51.2 Å². The van der Waals surface area contributed by atoms with E-state index in [1.165, 1.54) is 129 Å². The maximum absolute atomic E-state index is 2.77. The number of nitrogens with zero attached hydrogens (tertiary/aromatic N) is 3. The Hall–Kier alpha value is -6.78. The standard InChI is InChI=1S/C81H94BN3/c1-49-40-53(76(9,10)11)30-35-67(49)84-70-48-64-62(78(14,15)37-39-80(64,18)19)46-66(70)82-65-45-60-58(57-24-22-23-25-59(57)81(60,20)21)44-69(65)85(68-47-63-61(41-50(68)2)77(12,13)36-38-79(63,16)17)72-43-56(42-71(84)73(72)82)83(54-31-26-51(27-32-54)74(3,4)5)55-33-28-52(29-34-55)75(6,7)8/h22-35,40-48H,36-39H2,1-21H3. The molecule has 0 atom stereocenters. The van der Waals surface area contributed by atoms with Crippen LogP contribution in [0.3, 0.4) is 0 Å². The lowest BCUT2D eigenvalue weighted by molar-refractivity contribution is 0.332. The highest BCUT2D eigenvalue weighted by molar-refractivity contribution is 7.00. The van der Waals surface area contributed by atoms with E-state index in [1.54, 1.807) is 0 Å². The Bertz CT molecular complexity index is 4010. The summed E-state index contributed by atoms with van der Waals surface area (Å²) in [6.45, 7) is 50.6. The van der Waals surface area contributed by atoms with Crippen molar-refractivity contribution in [2.75, 3.05) is 14.7 Å². The third-order valence-corrected chi connectivity index (χ3v) is 21.7. The maximum Gasteiger partial charge on any atom is 0.252 e. The summed E-state index contributed by atoms with van der Waals surface area (Å²) in [4.78, 5) is 8.07. The molecular formula is C81H94BN3. The summed E-state index contributed by atoms with van der Waals surface area (Å²) in [6, 6.07) is 56.7. The summed E-state index contributed by atoms with van der Waals surface area (Å²) in [7, 11) is 0. The predicted octanol–water partition coefficient (Wildman–Crippen LogP) is 20.8. The van der Waals surface area contributed by atoms with E-state index in [1.807, 2.05) is 0 Å². The second-order valence-corrected chi connectivity index (χ2v) is 33.0. The van der Waals surface area contributed by atoms with Crippen molar-refractivity contribution in [3.05, 3.63) is 201 Å². The molecule has 0 aromatic heterocycles. The van der Waals surface area contributed by atoms with Crippen molar-refractivity contribution in [1.29, 1.82) is 0 Å².